The van der Waals surface area contributed by atoms with Gasteiger partial charge in [0.25, 0.3) is 0 Å². The summed E-state index contributed by atoms with van der Waals surface area (Å²) in [5, 5.41) is 16.2. The normalized spacial score (nSPS) is 29.5. The van der Waals surface area contributed by atoms with Crippen molar-refractivity contribution in [1.82, 2.24) is 10.6 Å². The molecule has 2 saturated carbocycles. The van der Waals surface area contributed by atoms with Gasteiger partial charge in [0.05, 0.1) is 6.10 Å². The Balaban J connectivity index is 1.26. The van der Waals surface area contributed by atoms with E-state index in [0.717, 1.165) is 44.2 Å². The number of hydrogen-bond acceptors (Lipinski definition) is 4. The van der Waals surface area contributed by atoms with E-state index in [1.165, 1.54) is 6.42 Å². The van der Waals surface area contributed by atoms with Crippen molar-refractivity contribution in [2.45, 2.75) is 63.3 Å². The monoisotopic (exact) mass is 332 g/mol. The summed E-state index contributed by atoms with van der Waals surface area (Å²) in [6, 6.07) is 10.4. The minimum Gasteiger partial charge on any atom is -0.445 e. The highest BCUT2D eigenvalue weighted by molar-refractivity contribution is 5.67. The first-order valence-corrected chi connectivity index (χ1v) is 9.07. The van der Waals surface area contributed by atoms with Gasteiger partial charge in [-0.25, -0.2) is 4.79 Å². The topological polar surface area (TPSA) is 70.6 Å². The largest absolute Gasteiger partial charge is 0.445 e. The number of benzene rings is 1. The van der Waals surface area contributed by atoms with Crippen molar-refractivity contribution in [2.75, 3.05) is 6.54 Å². The smallest absolute Gasteiger partial charge is 0.407 e. The van der Waals surface area contributed by atoms with Gasteiger partial charge in [0.1, 0.15) is 6.61 Å². The number of alkyl carbamates (subject to hydrolysis) is 1. The molecule has 2 aliphatic rings. The Kier molecular flexibility index (Phi) is 6.10. The molecule has 2 unspecified atom stereocenters. The summed E-state index contributed by atoms with van der Waals surface area (Å²) in [5.74, 6) is 0.594. The van der Waals surface area contributed by atoms with Gasteiger partial charge in [-0.3, -0.25) is 0 Å². The lowest BCUT2D eigenvalue weighted by Gasteiger charge is -2.37. The number of carbonyl (C=O) groups excluding carboxylic acids is 1. The van der Waals surface area contributed by atoms with Crippen molar-refractivity contribution < 1.29 is 14.6 Å². The average Bonchev–Trinajstić information content (AvgIpc) is 2.56. The van der Waals surface area contributed by atoms with Crippen LogP contribution in [0.25, 0.3) is 0 Å². The lowest BCUT2D eigenvalue weighted by Crippen LogP contribution is -2.53. The van der Waals surface area contributed by atoms with Crippen LogP contribution in [0, 0.1) is 5.92 Å². The number of nitrogens with one attached hydrogen (secondary N) is 2. The molecule has 3 rings (SSSR count). The van der Waals surface area contributed by atoms with Crippen molar-refractivity contribution in [3.63, 3.8) is 0 Å². The number of rotatable bonds is 6. The van der Waals surface area contributed by atoms with E-state index in [4.69, 9.17) is 4.74 Å². The van der Waals surface area contributed by atoms with Gasteiger partial charge in [-0.1, -0.05) is 36.8 Å². The molecule has 2 aliphatic carbocycles. The van der Waals surface area contributed by atoms with Crippen LogP contribution in [-0.2, 0) is 11.3 Å². The Morgan fingerprint density at radius 1 is 1.12 bits per heavy atom. The van der Waals surface area contributed by atoms with Crippen LogP contribution in [0.3, 0.4) is 0 Å². The highest BCUT2D eigenvalue weighted by Crippen LogP contribution is 2.25. The first-order chi connectivity index (χ1) is 11.7. The summed E-state index contributed by atoms with van der Waals surface area (Å²) < 4.78 is 5.24. The van der Waals surface area contributed by atoms with Gasteiger partial charge in [0.2, 0.25) is 0 Å². The average molecular weight is 332 g/mol. The van der Waals surface area contributed by atoms with Gasteiger partial charge in [-0.05, 0) is 50.1 Å². The summed E-state index contributed by atoms with van der Waals surface area (Å²) in [6.07, 6.45) is 5.69. The third-order valence-electron chi connectivity index (χ3n) is 5.12. The van der Waals surface area contributed by atoms with Crippen LogP contribution in [-0.4, -0.2) is 35.9 Å². The number of ether oxygens (including phenoxy) is 1. The SMILES string of the molecule is O=C(NC1CC(NCC2CCCC(O)C2)C1)OCc1ccccc1. The molecule has 5 nitrogen and oxygen atoms in total. The minimum atomic E-state index is -0.335. The van der Waals surface area contributed by atoms with Crippen molar-refractivity contribution in [1.29, 1.82) is 0 Å². The molecule has 3 N–H and O–H groups in total. The molecule has 0 aromatic heterocycles. The molecule has 0 saturated heterocycles. The fourth-order valence-corrected chi connectivity index (χ4v) is 3.62. The molecule has 0 heterocycles. The van der Waals surface area contributed by atoms with Gasteiger partial charge in [0, 0.05) is 12.1 Å². The molecule has 2 fully saturated rings. The number of hydrogen-bond donors (Lipinski definition) is 3. The number of aliphatic hydroxyl groups is 1. The van der Waals surface area contributed by atoms with Crippen LogP contribution in [0.15, 0.2) is 30.3 Å². The maximum absolute atomic E-state index is 11.8. The zero-order chi connectivity index (χ0) is 16.8. The third kappa shape index (κ3) is 5.21. The lowest BCUT2D eigenvalue weighted by atomic mass is 9.84. The van der Waals surface area contributed by atoms with Crippen LogP contribution < -0.4 is 10.6 Å². The lowest BCUT2D eigenvalue weighted by molar-refractivity contribution is 0.0957. The van der Waals surface area contributed by atoms with Gasteiger partial charge < -0.3 is 20.5 Å². The Labute approximate surface area is 143 Å². The molecule has 0 bridgehead atoms. The highest BCUT2D eigenvalue weighted by atomic mass is 16.5. The molecular formula is C19H28N2O3. The Morgan fingerprint density at radius 2 is 1.92 bits per heavy atom. The molecule has 1 aromatic carbocycles. The van der Waals surface area contributed by atoms with Crippen molar-refractivity contribution >= 4 is 6.09 Å². The van der Waals surface area contributed by atoms with E-state index < -0.39 is 0 Å². The zero-order valence-electron chi connectivity index (χ0n) is 14.1. The second kappa shape index (κ2) is 8.49. The summed E-state index contributed by atoms with van der Waals surface area (Å²) in [5.41, 5.74) is 0.996. The standard InChI is InChI=1S/C19H28N2O3/c22-18-8-4-7-15(9-18)12-20-16-10-17(11-16)21-19(23)24-13-14-5-2-1-3-6-14/h1-3,5-6,15-18,20,22H,4,7-13H2,(H,21,23). The van der Waals surface area contributed by atoms with Crippen molar-refractivity contribution in [3.05, 3.63) is 35.9 Å². The van der Waals surface area contributed by atoms with Crippen molar-refractivity contribution in [3.8, 4) is 0 Å². The molecular weight excluding hydrogens is 304 g/mol. The molecule has 0 aliphatic heterocycles. The maximum atomic E-state index is 11.8. The minimum absolute atomic E-state index is 0.110. The van der Waals surface area contributed by atoms with Crippen LogP contribution in [0.1, 0.15) is 44.1 Å². The first-order valence-electron chi connectivity index (χ1n) is 9.07. The molecule has 5 heteroatoms. The van der Waals surface area contributed by atoms with Gasteiger partial charge in [-0.15, -0.1) is 0 Å². The van der Waals surface area contributed by atoms with Crippen LogP contribution in [0.4, 0.5) is 4.79 Å². The number of amides is 1. The van der Waals surface area contributed by atoms with E-state index in [2.05, 4.69) is 10.6 Å². The van der Waals surface area contributed by atoms with Gasteiger partial charge >= 0.3 is 6.09 Å². The molecule has 1 amide bonds. The van der Waals surface area contributed by atoms with E-state index in [1.54, 1.807) is 0 Å². The third-order valence-corrected chi connectivity index (χ3v) is 5.12. The molecule has 1 aromatic rings. The molecule has 24 heavy (non-hydrogen) atoms. The summed E-state index contributed by atoms with van der Waals surface area (Å²) in [7, 11) is 0. The maximum Gasteiger partial charge on any atom is 0.407 e. The quantitative estimate of drug-likeness (QED) is 0.749. The predicted molar refractivity (Wildman–Crippen MR) is 92.5 cm³/mol. The number of carbonyl (C=O) groups is 1. The van der Waals surface area contributed by atoms with Gasteiger partial charge in [0.15, 0.2) is 0 Å². The summed E-state index contributed by atoms with van der Waals surface area (Å²) in [6.45, 7) is 1.29. The van der Waals surface area contributed by atoms with E-state index >= 15 is 0 Å². The first kappa shape index (κ1) is 17.2. The summed E-state index contributed by atoms with van der Waals surface area (Å²) >= 11 is 0. The molecule has 132 valence electrons. The second-order valence-corrected chi connectivity index (χ2v) is 7.17. The van der Waals surface area contributed by atoms with Gasteiger partial charge in [-0.2, -0.15) is 0 Å². The second-order valence-electron chi connectivity index (χ2n) is 7.17. The predicted octanol–water partition coefficient (Wildman–Crippen LogP) is 2.58. The number of aliphatic hydroxyl groups excluding tert-OH is 1. The van der Waals surface area contributed by atoms with E-state index in [0.29, 0.717) is 18.6 Å². The molecule has 0 spiro atoms. The van der Waals surface area contributed by atoms with Crippen LogP contribution >= 0.6 is 0 Å². The fourth-order valence-electron chi connectivity index (χ4n) is 3.62. The van der Waals surface area contributed by atoms with E-state index in [9.17, 15) is 9.90 Å². The summed E-state index contributed by atoms with van der Waals surface area (Å²) in [4.78, 5) is 11.8. The molecule has 0 radical (unpaired) electrons. The Morgan fingerprint density at radius 3 is 2.67 bits per heavy atom. The Hall–Kier alpha value is -1.59. The molecule has 2 atom stereocenters. The Bertz CT molecular complexity index is 517. The van der Waals surface area contributed by atoms with Crippen LogP contribution in [0.2, 0.25) is 0 Å². The van der Waals surface area contributed by atoms with E-state index in [1.807, 2.05) is 30.3 Å². The zero-order valence-corrected chi connectivity index (χ0v) is 14.1. The highest BCUT2D eigenvalue weighted by Gasteiger charge is 2.31. The van der Waals surface area contributed by atoms with Crippen LogP contribution in [0.5, 0.6) is 0 Å². The fraction of sp³-hybridized carbons (Fsp3) is 0.632. The van der Waals surface area contributed by atoms with E-state index in [-0.39, 0.29) is 18.2 Å². The van der Waals surface area contributed by atoms with Crippen molar-refractivity contribution in [2.24, 2.45) is 5.92 Å².